The van der Waals surface area contributed by atoms with E-state index in [4.69, 9.17) is 23.2 Å². The molecule has 0 radical (unpaired) electrons. The molecular formula is C13H8Cl2N2S2. The van der Waals surface area contributed by atoms with Crippen LogP contribution in [0.5, 0.6) is 0 Å². The van der Waals surface area contributed by atoms with Gasteiger partial charge < -0.3 is 5.32 Å². The number of hydrogen-bond acceptors (Lipinski definition) is 4. The van der Waals surface area contributed by atoms with Crippen LogP contribution < -0.4 is 5.32 Å². The number of thiophene rings is 1. The summed E-state index contributed by atoms with van der Waals surface area (Å²) in [5, 5.41) is 9.31. The Balaban J connectivity index is 1.86. The van der Waals surface area contributed by atoms with Crippen LogP contribution in [0.2, 0.25) is 10.0 Å². The summed E-state index contributed by atoms with van der Waals surface area (Å²) in [6.45, 7) is 0. The fourth-order valence-corrected chi connectivity index (χ4v) is 3.40. The van der Waals surface area contributed by atoms with Gasteiger partial charge in [0.1, 0.15) is 0 Å². The van der Waals surface area contributed by atoms with Crippen molar-refractivity contribution in [1.82, 2.24) is 4.98 Å². The minimum Gasteiger partial charge on any atom is -0.330 e. The maximum absolute atomic E-state index is 6.11. The molecule has 1 N–H and O–H groups in total. The van der Waals surface area contributed by atoms with Crippen LogP contribution in [0.15, 0.2) is 41.1 Å². The van der Waals surface area contributed by atoms with Crippen molar-refractivity contribution in [1.29, 1.82) is 0 Å². The fourth-order valence-electron chi connectivity index (χ4n) is 1.58. The molecule has 1 aromatic carbocycles. The van der Waals surface area contributed by atoms with Gasteiger partial charge in [0.25, 0.3) is 0 Å². The topological polar surface area (TPSA) is 24.9 Å². The number of rotatable bonds is 3. The van der Waals surface area contributed by atoms with Crippen LogP contribution in [-0.2, 0) is 0 Å². The van der Waals surface area contributed by atoms with Crippen LogP contribution >= 0.6 is 45.9 Å². The van der Waals surface area contributed by atoms with Crippen LogP contribution in [0.25, 0.3) is 10.6 Å². The molecule has 3 aromatic rings. The lowest BCUT2D eigenvalue weighted by molar-refractivity contribution is 1.40. The third-order valence-corrected chi connectivity index (χ3v) is 4.66. The molecule has 2 heterocycles. The Morgan fingerprint density at radius 3 is 2.79 bits per heavy atom. The molecule has 0 aliphatic carbocycles. The summed E-state index contributed by atoms with van der Waals surface area (Å²) in [6, 6.07) is 9.38. The van der Waals surface area contributed by atoms with Crippen molar-refractivity contribution in [3.8, 4) is 10.6 Å². The highest BCUT2D eigenvalue weighted by Gasteiger charge is 2.07. The molecule has 2 nitrogen and oxygen atoms in total. The van der Waals surface area contributed by atoms with E-state index in [-0.39, 0.29) is 0 Å². The zero-order valence-electron chi connectivity index (χ0n) is 9.56. The molecule has 0 unspecified atom stereocenters. The van der Waals surface area contributed by atoms with E-state index in [9.17, 15) is 0 Å². The molecule has 96 valence electrons. The first-order valence-corrected chi connectivity index (χ1v) is 7.95. The van der Waals surface area contributed by atoms with Crippen molar-refractivity contribution in [2.24, 2.45) is 0 Å². The summed E-state index contributed by atoms with van der Waals surface area (Å²) < 4.78 is 0. The van der Waals surface area contributed by atoms with Gasteiger partial charge in [-0.15, -0.1) is 22.7 Å². The lowest BCUT2D eigenvalue weighted by Crippen LogP contribution is -1.90. The standard InChI is InChI=1S/C13H8Cl2N2S2/c14-8-3-4-9(15)10(6-8)16-13-17-11(7-19-13)12-2-1-5-18-12/h1-7H,(H,16,17). The Kier molecular flexibility index (Phi) is 3.75. The smallest absolute Gasteiger partial charge is 0.187 e. The van der Waals surface area contributed by atoms with Gasteiger partial charge in [0.2, 0.25) is 0 Å². The summed E-state index contributed by atoms with van der Waals surface area (Å²) >= 11 is 15.3. The van der Waals surface area contributed by atoms with Gasteiger partial charge in [0.15, 0.2) is 5.13 Å². The van der Waals surface area contributed by atoms with E-state index in [0.29, 0.717) is 10.0 Å². The monoisotopic (exact) mass is 326 g/mol. The number of halogens is 2. The number of benzene rings is 1. The van der Waals surface area contributed by atoms with E-state index in [1.165, 1.54) is 11.3 Å². The van der Waals surface area contributed by atoms with E-state index >= 15 is 0 Å². The molecule has 0 bridgehead atoms. The molecule has 6 heteroatoms. The highest BCUT2D eigenvalue weighted by molar-refractivity contribution is 7.16. The molecule has 0 spiro atoms. The summed E-state index contributed by atoms with van der Waals surface area (Å²) in [7, 11) is 0. The number of thiazole rings is 1. The van der Waals surface area contributed by atoms with Crippen molar-refractivity contribution < 1.29 is 0 Å². The summed E-state index contributed by atoms with van der Waals surface area (Å²) in [4.78, 5) is 5.69. The highest BCUT2D eigenvalue weighted by atomic mass is 35.5. The Hall–Kier alpha value is -1.07. The van der Waals surface area contributed by atoms with Gasteiger partial charge in [0, 0.05) is 10.4 Å². The number of hydrogen-bond donors (Lipinski definition) is 1. The van der Waals surface area contributed by atoms with Gasteiger partial charge in [0.05, 0.1) is 21.3 Å². The molecule has 0 aliphatic heterocycles. The average Bonchev–Trinajstić information content (AvgIpc) is 3.04. The van der Waals surface area contributed by atoms with Gasteiger partial charge >= 0.3 is 0 Å². The summed E-state index contributed by atoms with van der Waals surface area (Å²) in [5.41, 5.74) is 1.74. The first kappa shape index (κ1) is 12.9. The number of aromatic nitrogens is 1. The van der Waals surface area contributed by atoms with Crippen molar-refractivity contribution in [3.63, 3.8) is 0 Å². The zero-order valence-corrected chi connectivity index (χ0v) is 12.7. The Morgan fingerprint density at radius 2 is 2.00 bits per heavy atom. The average molecular weight is 327 g/mol. The maximum atomic E-state index is 6.11. The maximum Gasteiger partial charge on any atom is 0.187 e. The summed E-state index contributed by atoms with van der Waals surface area (Å²) in [5.74, 6) is 0. The SMILES string of the molecule is Clc1ccc(Cl)c(Nc2nc(-c3cccs3)cs2)c1. The van der Waals surface area contributed by atoms with E-state index in [2.05, 4.69) is 16.4 Å². The van der Waals surface area contributed by atoms with Crippen molar-refractivity contribution >= 4 is 56.7 Å². The fraction of sp³-hybridized carbons (Fsp3) is 0. The molecule has 0 amide bonds. The molecule has 3 rings (SSSR count). The van der Waals surface area contributed by atoms with Crippen LogP contribution in [0.3, 0.4) is 0 Å². The molecule has 0 atom stereocenters. The second-order valence-corrected chi connectivity index (χ2v) is 6.41. The highest BCUT2D eigenvalue weighted by Crippen LogP contribution is 2.32. The van der Waals surface area contributed by atoms with Crippen molar-refractivity contribution in [2.45, 2.75) is 0 Å². The minimum atomic E-state index is 0.622. The van der Waals surface area contributed by atoms with E-state index in [0.717, 1.165) is 21.4 Å². The third kappa shape index (κ3) is 2.92. The molecule has 0 aliphatic rings. The van der Waals surface area contributed by atoms with Crippen LogP contribution in [0, 0.1) is 0 Å². The van der Waals surface area contributed by atoms with Crippen LogP contribution in [0.4, 0.5) is 10.8 Å². The van der Waals surface area contributed by atoms with Gasteiger partial charge in [-0.05, 0) is 29.6 Å². The molecule has 0 saturated carbocycles. The lowest BCUT2D eigenvalue weighted by atomic mass is 10.3. The minimum absolute atomic E-state index is 0.622. The van der Waals surface area contributed by atoms with Crippen molar-refractivity contribution in [3.05, 3.63) is 51.1 Å². The first-order chi connectivity index (χ1) is 9.22. The predicted octanol–water partition coefficient (Wildman–Crippen LogP) is 5.92. The van der Waals surface area contributed by atoms with Gasteiger partial charge in [-0.2, -0.15) is 0 Å². The third-order valence-electron chi connectivity index (χ3n) is 2.45. The Morgan fingerprint density at radius 1 is 1.11 bits per heavy atom. The largest absolute Gasteiger partial charge is 0.330 e. The van der Waals surface area contributed by atoms with E-state index in [1.807, 2.05) is 16.8 Å². The van der Waals surface area contributed by atoms with Gasteiger partial charge in [-0.3, -0.25) is 0 Å². The van der Waals surface area contributed by atoms with Crippen LogP contribution in [0.1, 0.15) is 0 Å². The molecular weight excluding hydrogens is 319 g/mol. The van der Waals surface area contributed by atoms with E-state index in [1.54, 1.807) is 29.5 Å². The number of nitrogens with zero attached hydrogens (tertiary/aromatic N) is 1. The normalized spacial score (nSPS) is 10.6. The Bertz CT molecular complexity index is 692. The first-order valence-electron chi connectivity index (χ1n) is 5.44. The van der Waals surface area contributed by atoms with Crippen molar-refractivity contribution in [2.75, 3.05) is 5.32 Å². The lowest BCUT2D eigenvalue weighted by Gasteiger charge is -2.05. The van der Waals surface area contributed by atoms with Gasteiger partial charge in [-0.1, -0.05) is 29.3 Å². The van der Waals surface area contributed by atoms with Crippen LogP contribution in [-0.4, -0.2) is 4.98 Å². The van der Waals surface area contributed by atoms with E-state index < -0.39 is 0 Å². The number of anilines is 2. The Labute approximate surface area is 128 Å². The molecule has 19 heavy (non-hydrogen) atoms. The summed E-state index contributed by atoms with van der Waals surface area (Å²) in [6.07, 6.45) is 0. The quantitative estimate of drug-likeness (QED) is 0.645. The zero-order chi connectivity index (χ0) is 13.2. The molecule has 0 saturated heterocycles. The van der Waals surface area contributed by atoms with Gasteiger partial charge in [-0.25, -0.2) is 4.98 Å². The number of nitrogens with one attached hydrogen (secondary N) is 1. The second kappa shape index (κ2) is 5.51. The molecule has 0 fully saturated rings. The predicted molar refractivity (Wildman–Crippen MR) is 85.2 cm³/mol. The second-order valence-electron chi connectivity index (χ2n) is 3.76. The molecule has 2 aromatic heterocycles.